The highest BCUT2D eigenvalue weighted by Crippen LogP contribution is 2.25. The highest BCUT2D eigenvalue weighted by molar-refractivity contribution is 6.05. The molecule has 0 fully saturated rings. The van der Waals surface area contributed by atoms with Crippen LogP contribution < -0.4 is 0 Å². The topological polar surface area (TPSA) is 61.8 Å². The second-order valence-corrected chi connectivity index (χ2v) is 5.55. The summed E-state index contributed by atoms with van der Waals surface area (Å²) in [7, 11) is 0. The van der Waals surface area contributed by atoms with E-state index in [0.29, 0.717) is 19.6 Å². The van der Waals surface area contributed by atoms with E-state index in [-0.39, 0.29) is 24.6 Å². The van der Waals surface area contributed by atoms with Crippen LogP contribution in [0, 0.1) is 11.8 Å². The molecular formula is C17H26O5. The van der Waals surface area contributed by atoms with Crippen LogP contribution in [-0.4, -0.2) is 37.9 Å². The molecule has 0 radical (unpaired) electrons. The third-order valence-electron chi connectivity index (χ3n) is 3.42. The summed E-state index contributed by atoms with van der Waals surface area (Å²) >= 11 is 0. The van der Waals surface area contributed by atoms with Crippen molar-refractivity contribution in [1.82, 2.24) is 0 Å². The summed E-state index contributed by atoms with van der Waals surface area (Å²) in [4.78, 5) is 24.2. The van der Waals surface area contributed by atoms with Crippen molar-refractivity contribution in [3.63, 3.8) is 0 Å². The lowest BCUT2D eigenvalue weighted by Crippen LogP contribution is -2.37. The molecular weight excluding hydrogens is 284 g/mol. The van der Waals surface area contributed by atoms with E-state index in [1.165, 1.54) is 6.08 Å². The van der Waals surface area contributed by atoms with Crippen molar-refractivity contribution >= 4 is 11.8 Å². The number of carbonyl (C=O) groups excluding carboxylic acids is 2. The van der Waals surface area contributed by atoms with Gasteiger partial charge >= 0.3 is 5.97 Å². The lowest BCUT2D eigenvalue weighted by atomic mass is 9.82. The van der Waals surface area contributed by atoms with Gasteiger partial charge in [-0.05, 0) is 46.3 Å². The summed E-state index contributed by atoms with van der Waals surface area (Å²) in [6.45, 7) is 8.57. The van der Waals surface area contributed by atoms with Gasteiger partial charge in [-0.1, -0.05) is 11.6 Å². The van der Waals surface area contributed by atoms with Gasteiger partial charge in [-0.25, -0.2) is 0 Å². The smallest absolute Gasteiger partial charge is 0.317 e. The molecule has 0 bridgehead atoms. The molecule has 0 heterocycles. The molecule has 0 aromatic rings. The number of carbonyl (C=O) groups is 2. The lowest BCUT2D eigenvalue weighted by Gasteiger charge is -2.26. The van der Waals surface area contributed by atoms with Gasteiger partial charge in [-0.15, -0.1) is 0 Å². The summed E-state index contributed by atoms with van der Waals surface area (Å²) in [5.74, 6) is -1.69. The number of rotatable bonds is 8. The summed E-state index contributed by atoms with van der Waals surface area (Å²) in [6, 6.07) is 0. The van der Waals surface area contributed by atoms with Crippen LogP contribution in [0.5, 0.6) is 0 Å². The van der Waals surface area contributed by atoms with E-state index >= 15 is 0 Å². The zero-order valence-electron chi connectivity index (χ0n) is 13.8. The average molecular weight is 310 g/mol. The number of hydrogen-bond donors (Lipinski definition) is 0. The Bertz CT molecular complexity index is 434. The van der Waals surface area contributed by atoms with Crippen molar-refractivity contribution in [3.05, 3.63) is 23.8 Å². The largest absolute Gasteiger partial charge is 0.461 e. The quantitative estimate of drug-likeness (QED) is 0.298. The molecule has 0 spiro atoms. The molecule has 5 nitrogen and oxygen atoms in total. The number of ketones is 1. The van der Waals surface area contributed by atoms with E-state index in [2.05, 4.69) is 0 Å². The Balaban J connectivity index is 2.61. The molecule has 0 saturated carbocycles. The fourth-order valence-corrected chi connectivity index (χ4v) is 2.23. The summed E-state index contributed by atoms with van der Waals surface area (Å²) < 4.78 is 16.1. The van der Waals surface area contributed by atoms with E-state index in [0.717, 1.165) is 5.57 Å². The molecule has 0 N–H and O–H groups in total. The minimum atomic E-state index is -0.788. The Morgan fingerprint density at radius 1 is 1.41 bits per heavy atom. The Kier molecular flexibility index (Phi) is 8.06. The molecule has 0 aromatic carbocycles. The van der Waals surface area contributed by atoms with Crippen molar-refractivity contribution in [2.24, 2.45) is 11.8 Å². The summed E-state index contributed by atoms with van der Waals surface area (Å²) in [5.41, 5.74) is 1.06. The highest BCUT2D eigenvalue weighted by Gasteiger charge is 2.36. The first-order chi connectivity index (χ1) is 10.5. The van der Waals surface area contributed by atoms with Crippen molar-refractivity contribution in [2.75, 3.05) is 19.8 Å². The minimum absolute atomic E-state index is 0.192. The van der Waals surface area contributed by atoms with E-state index in [1.807, 2.05) is 26.8 Å². The van der Waals surface area contributed by atoms with Crippen LogP contribution >= 0.6 is 0 Å². The first kappa shape index (κ1) is 18.6. The minimum Gasteiger partial charge on any atom is -0.461 e. The van der Waals surface area contributed by atoms with Crippen LogP contribution in [0.15, 0.2) is 23.8 Å². The zero-order chi connectivity index (χ0) is 16.5. The van der Waals surface area contributed by atoms with Gasteiger partial charge in [0.1, 0.15) is 12.5 Å². The van der Waals surface area contributed by atoms with E-state index < -0.39 is 11.9 Å². The third-order valence-corrected chi connectivity index (χ3v) is 3.42. The number of allylic oxidation sites excluding steroid dienone is 3. The zero-order valence-corrected chi connectivity index (χ0v) is 13.8. The molecule has 0 aromatic heterocycles. The molecule has 0 aliphatic heterocycles. The van der Waals surface area contributed by atoms with Crippen molar-refractivity contribution in [1.29, 1.82) is 0 Å². The molecule has 1 aliphatic rings. The van der Waals surface area contributed by atoms with Gasteiger partial charge in [0.05, 0.1) is 6.61 Å². The van der Waals surface area contributed by atoms with E-state index in [4.69, 9.17) is 14.2 Å². The normalized spacial score (nSPS) is 22.3. The molecule has 3 atom stereocenters. The van der Waals surface area contributed by atoms with Crippen LogP contribution in [-0.2, 0) is 23.8 Å². The fraction of sp³-hybridized carbons (Fsp3) is 0.647. The summed E-state index contributed by atoms with van der Waals surface area (Å²) in [6.07, 6.45) is 5.31. The van der Waals surface area contributed by atoms with Gasteiger partial charge in [0.15, 0.2) is 12.1 Å². The standard InChI is InChI=1S/C17H26O5/c1-5-20-13(4)22-11-14-7-6-8-15(18)16(14)17(19)21-10-9-12(2)3/h6,8-9,13-14,16H,5,7,10-11H2,1-4H3/t13?,14-,16?/m1/s1. The molecule has 22 heavy (non-hydrogen) atoms. The Labute approximate surface area is 132 Å². The predicted octanol–water partition coefficient (Wildman–Crippen LogP) is 2.66. The van der Waals surface area contributed by atoms with Gasteiger partial charge in [0, 0.05) is 12.5 Å². The fourth-order valence-electron chi connectivity index (χ4n) is 2.23. The molecule has 0 amide bonds. The van der Waals surface area contributed by atoms with Crippen molar-refractivity contribution in [2.45, 2.75) is 40.4 Å². The average Bonchev–Trinajstić information content (AvgIpc) is 2.44. The maximum atomic E-state index is 12.2. The predicted molar refractivity (Wildman–Crippen MR) is 83.2 cm³/mol. The molecule has 2 unspecified atom stereocenters. The van der Waals surface area contributed by atoms with Gasteiger partial charge in [-0.2, -0.15) is 0 Å². The molecule has 0 saturated heterocycles. The molecule has 1 rings (SSSR count). The number of ether oxygens (including phenoxy) is 3. The maximum Gasteiger partial charge on any atom is 0.317 e. The van der Waals surface area contributed by atoms with Crippen LogP contribution in [0.2, 0.25) is 0 Å². The van der Waals surface area contributed by atoms with Crippen LogP contribution in [0.25, 0.3) is 0 Å². The lowest BCUT2D eigenvalue weighted by molar-refractivity contribution is -0.161. The second-order valence-electron chi connectivity index (χ2n) is 5.55. The number of esters is 1. The molecule has 1 aliphatic carbocycles. The molecule has 5 heteroatoms. The van der Waals surface area contributed by atoms with Gasteiger partial charge < -0.3 is 14.2 Å². The van der Waals surface area contributed by atoms with Gasteiger partial charge in [0.25, 0.3) is 0 Å². The molecule has 124 valence electrons. The Morgan fingerprint density at radius 3 is 2.77 bits per heavy atom. The summed E-state index contributed by atoms with van der Waals surface area (Å²) in [5, 5.41) is 0. The monoisotopic (exact) mass is 310 g/mol. The number of hydrogen-bond acceptors (Lipinski definition) is 5. The maximum absolute atomic E-state index is 12.2. The highest BCUT2D eigenvalue weighted by atomic mass is 16.7. The second kappa shape index (κ2) is 9.54. The Morgan fingerprint density at radius 2 is 2.14 bits per heavy atom. The van der Waals surface area contributed by atoms with Crippen LogP contribution in [0.1, 0.15) is 34.1 Å². The Hall–Kier alpha value is -1.46. The van der Waals surface area contributed by atoms with Gasteiger partial charge in [-0.3, -0.25) is 9.59 Å². The van der Waals surface area contributed by atoms with Crippen molar-refractivity contribution < 1.29 is 23.8 Å². The van der Waals surface area contributed by atoms with Crippen molar-refractivity contribution in [3.8, 4) is 0 Å². The van der Waals surface area contributed by atoms with Crippen LogP contribution in [0.4, 0.5) is 0 Å². The first-order valence-electron chi connectivity index (χ1n) is 7.69. The van der Waals surface area contributed by atoms with Gasteiger partial charge in [0.2, 0.25) is 0 Å². The third kappa shape index (κ3) is 6.12. The van der Waals surface area contributed by atoms with E-state index in [9.17, 15) is 9.59 Å². The van der Waals surface area contributed by atoms with Crippen LogP contribution in [0.3, 0.4) is 0 Å². The first-order valence-corrected chi connectivity index (χ1v) is 7.69. The van der Waals surface area contributed by atoms with E-state index in [1.54, 1.807) is 13.0 Å². The SMILES string of the molecule is CCOC(C)OC[C@H]1CC=CC(=O)C1C(=O)OCC=C(C)C.